The molecule has 0 bridgehead atoms. The van der Waals surface area contributed by atoms with Crippen molar-refractivity contribution in [1.29, 1.82) is 0 Å². The number of rotatable bonds is 3. The molecule has 3 nitrogen and oxygen atoms in total. The van der Waals surface area contributed by atoms with Crippen LogP contribution in [0.25, 0.3) is 0 Å². The molecule has 0 saturated carbocycles. The van der Waals surface area contributed by atoms with Crippen LogP contribution in [-0.2, 0) is 0 Å². The van der Waals surface area contributed by atoms with Gasteiger partial charge in [0.25, 0.3) is 5.95 Å². The molecule has 0 fully saturated rings. The fourth-order valence-electron chi connectivity index (χ4n) is 1.39. The summed E-state index contributed by atoms with van der Waals surface area (Å²) in [6.07, 6.45) is 0. The van der Waals surface area contributed by atoms with Gasteiger partial charge in [-0.1, -0.05) is 47.1 Å². The van der Waals surface area contributed by atoms with Gasteiger partial charge >= 0.3 is 0 Å². The molecule has 0 radical (unpaired) electrons. The van der Waals surface area contributed by atoms with Gasteiger partial charge < -0.3 is 4.84 Å². The summed E-state index contributed by atoms with van der Waals surface area (Å²) < 4.78 is 39.5. The Morgan fingerprint density at radius 3 is 2.45 bits per heavy atom. The summed E-state index contributed by atoms with van der Waals surface area (Å²) in [4.78, 5) is 7.36. The maximum absolute atomic E-state index is 13.4. The van der Waals surface area contributed by atoms with Crippen molar-refractivity contribution in [3.63, 3.8) is 0 Å². The van der Waals surface area contributed by atoms with Gasteiger partial charge in [0.2, 0.25) is 17.5 Å². The highest BCUT2D eigenvalue weighted by atomic mass is 35.5. The number of halogens is 4. The molecule has 0 aliphatic carbocycles. The number of nitrogens with zero attached hydrogens (tertiary/aromatic N) is 2. The zero-order valence-corrected chi connectivity index (χ0v) is 11.0. The predicted molar refractivity (Wildman–Crippen MR) is 68.4 cm³/mol. The molecule has 0 saturated heterocycles. The zero-order chi connectivity index (χ0) is 14.7. The highest BCUT2D eigenvalue weighted by Gasteiger charge is 2.21. The highest BCUT2D eigenvalue weighted by molar-refractivity contribution is 6.32. The van der Waals surface area contributed by atoms with Crippen LogP contribution in [0.15, 0.2) is 35.5 Å². The molecule has 2 aromatic rings. The molecule has 1 aromatic heterocycles. The highest BCUT2D eigenvalue weighted by Crippen LogP contribution is 2.30. The van der Waals surface area contributed by atoms with E-state index in [1.807, 2.05) is 6.07 Å². The van der Waals surface area contributed by atoms with Crippen LogP contribution in [0.1, 0.15) is 12.5 Å². The fourth-order valence-corrected chi connectivity index (χ4v) is 1.55. The molecule has 7 heteroatoms. The molecular weight excluding hydrogens is 293 g/mol. The lowest BCUT2D eigenvalue weighted by Gasteiger charge is -2.05. The van der Waals surface area contributed by atoms with Gasteiger partial charge in [-0.15, -0.1) is 0 Å². The SMILES string of the molecule is C/C(=N\Oc1c(F)c(F)nc(F)c1Cl)c1ccccc1. The molecule has 1 heterocycles. The Morgan fingerprint density at radius 2 is 1.80 bits per heavy atom. The third kappa shape index (κ3) is 2.91. The number of aromatic nitrogens is 1. The second kappa shape index (κ2) is 5.92. The van der Waals surface area contributed by atoms with Crippen molar-refractivity contribution in [1.82, 2.24) is 4.98 Å². The molecular formula is C13H8ClF3N2O. The van der Waals surface area contributed by atoms with Crippen molar-refractivity contribution in [3.05, 3.63) is 58.6 Å². The average Bonchev–Trinajstić information content (AvgIpc) is 2.46. The number of pyridine rings is 1. The second-order valence-corrected chi connectivity index (χ2v) is 4.16. The summed E-state index contributed by atoms with van der Waals surface area (Å²) in [7, 11) is 0. The Kier molecular flexibility index (Phi) is 4.24. The number of hydrogen-bond donors (Lipinski definition) is 0. The van der Waals surface area contributed by atoms with E-state index in [1.54, 1.807) is 31.2 Å². The van der Waals surface area contributed by atoms with Gasteiger partial charge in [-0.05, 0) is 12.5 Å². The van der Waals surface area contributed by atoms with Crippen LogP contribution in [0.4, 0.5) is 13.2 Å². The van der Waals surface area contributed by atoms with Gasteiger partial charge in [0, 0.05) is 0 Å². The Hall–Kier alpha value is -2.08. The molecule has 0 aliphatic heterocycles. The van der Waals surface area contributed by atoms with Crippen LogP contribution in [0.5, 0.6) is 5.75 Å². The Morgan fingerprint density at radius 1 is 1.15 bits per heavy atom. The van der Waals surface area contributed by atoms with Gasteiger partial charge in [-0.2, -0.15) is 18.2 Å². The van der Waals surface area contributed by atoms with E-state index in [0.29, 0.717) is 11.3 Å². The molecule has 0 amide bonds. The third-order valence-corrected chi connectivity index (χ3v) is 2.75. The minimum Gasteiger partial charge on any atom is -0.352 e. The molecule has 2 rings (SSSR count). The van der Waals surface area contributed by atoms with Gasteiger partial charge in [0.15, 0.2) is 0 Å². The smallest absolute Gasteiger partial charge is 0.255 e. The summed E-state index contributed by atoms with van der Waals surface area (Å²) >= 11 is 5.46. The molecule has 0 unspecified atom stereocenters. The first kappa shape index (κ1) is 14.3. The molecule has 0 spiro atoms. The summed E-state index contributed by atoms with van der Waals surface area (Å²) in [5, 5.41) is 2.83. The van der Waals surface area contributed by atoms with Crippen molar-refractivity contribution in [2.75, 3.05) is 0 Å². The van der Waals surface area contributed by atoms with Crippen LogP contribution in [0.2, 0.25) is 5.02 Å². The first-order chi connectivity index (χ1) is 9.50. The maximum atomic E-state index is 13.4. The predicted octanol–water partition coefficient (Wildman–Crippen LogP) is 3.96. The van der Waals surface area contributed by atoms with Crippen LogP contribution in [0, 0.1) is 17.7 Å². The molecule has 1 aromatic carbocycles. The van der Waals surface area contributed by atoms with Crippen LogP contribution < -0.4 is 4.84 Å². The molecule has 0 N–H and O–H groups in total. The number of benzene rings is 1. The molecule has 20 heavy (non-hydrogen) atoms. The lowest BCUT2D eigenvalue weighted by molar-refractivity contribution is 0.305. The molecule has 0 atom stereocenters. The second-order valence-electron chi connectivity index (χ2n) is 3.78. The normalized spacial score (nSPS) is 11.6. The van der Waals surface area contributed by atoms with Gasteiger partial charge in [-0.25, -0.2) is 0 Å². The third-order valence-electron chi connectivity index (χ3n) is 2.42. The molecule has 104 valence electrons. The quantitative estimate of drug-likeness (QED) is 0.488. The van der Waals surface area contributed by atoms with Crippen molar-refractivity contribution < 1.29 is 18.0 Å². The maximum Gasteiger partial charge on any atom is 0.255 e. The first-order valence-corrected chi connectivity index (χ1v) is 5.85. The summed E-state index contributed by atoms with van der Waals surface area (Å²) in [5.74, 6) is -5.35. The van der Waals surface area contributed by atoms with Crippen molar-refractivity contribution in [2.24, 2.45) is 5.16 Å². The fraction of sp³-hybridized carbons (Fsp3) is 0.0769. The van der Waals surface area contributed by atoms with E-state index in [9.17, 15) is 13.2 Å². The van der Waals surface area contributed by atoms with Gasteiger partial charge in [-0.3, -0.25) is 0 Å². The minimum absolute atomic E-state index is 0.388. The zero-order valence-electron chi connectivity index (χ0n) is 10.2. The van der Waals surface area contributed by atoms with E-state index in [0.717, 1.165) is 0 Å². The van der Waals surface area contributed by atoms with Crippen LogP contribution in [-0.4, -0.2) is 10.7 Å². The topological polar surface area (TPSA) is 34.5 Å². The largest absolute Gasteiger partial charge is 0.352 e. The average molecular weight is 301 g/mol. The number of hydrogen-bond acceptors (Lipinski definition) is 3. The van der Waals surface area contributed by atoms with E-state index >= 15 is 0 Å². The van der Waals surface area contributed by atoms with E-state index < -0.39 is 28.5 Å². The minimum atomic E-state index is -1.64. The standard InChI is InChI=1S/C13H8ClF3N2O/c1-7(8-5-3-2-4-6-8)19-20-11-9(14)12(16)18-13(17)10(11)15/h2-6H,1H3/b19-7+. The summed E-state index contributed by atoms with van der Waals surface area (Å²) in [5.41, 5.74) is 1.10. The van der Waals surface area contributed by atoms with Crippen molar-refractivity contribution in [2.45, 2.75) is 6.92 Å². The first-order valence-electron chi connectivity index (χ1n) is 5.47. The van der Waals surface area contributed by atoms with Crippen molar-refractivity contribution >= 4 is 17.3 Å². The van der Waals surface area contributed by atoms with Gasteiger partial charge in [0.1, 0.15) is 5.02 Å². The monoisotopic (exact) mass is 300 g/mol. The lowest BCUT2D eigenvalue weighted by atomic mass is 10.1. The van der Waals surface area contributed by atoms with E-state index in [1.165, 1.54) is 0 Å². The van der Waals surface area contributed by atoms with Gasteiger partial charge in [0.05, 0.1) is 5.71 Å². The lowest BCUT2D eigenvalue weighted by Crippen LogP contribution is -2.03. The van der Waals surface area contributed by atoms with Crippen LogP contribution in [0.3, 0.4) is 0 Å². The summed E-state index contributed by atoms with van der Waals surface area (Å²) in [6.45, 7) is 1.59. The van der Waals surface area contributed by atoms with Crippen LogP contribution >= 0.6 is 11.6 Å². The van der Waals surface area contributed by atoms with E-state index in [4.69, 9.17) is 16.4 Å². The Bertz CT molecular complexity index is 636. The van der Waals surface area contributed by atoms with E-state index in [2.05, 4.69) is 10.1 Å². The summed E-state index contributed by atoms with van der Waals surface area (Å²) in [6, 6.07) is 8.84. The number of oxime groups is 1. The molecule has 0 aliphatic rings. The van der Waals surface area contributed by atoms with Crippen molar-refractivity contribution in [3.8, 4) is 5.75 Å². The van der Waals surface area contributed by atoms with E-state index in [-0.39, 0.29) is 0 Å². The Labute approximate surface area is 117 Å². The Balaban J connectivity index is 2.32.